The first kappa shape index (κ1) is 13.3. The average Bonchev–Trinajstić information content (AvgIpc) is 2.69. The van der Waals surface area contributed by atoms with E-state index in [4.69, 9.17) is 23.8 Å². The van der Waals surface area contributed by atoms with Gasteiger partial charge in [-0.3, -0.25) is 0 Å². The number of anilines is 2. The summed E-state index contributed by atoms with van der Waals surface area (Å²) in [4.78, 5) is 4.29. The molecule has 1 aromatic heterocycles. The van der Waals surface area contributed by atoms with E-state index in [1.165, 1.54) is 11.3 Å². The first-order chi connectivity index (χ1) is 8.54. The maximum atomic E-state index is 5.95. The molecule has 0 aliphatic carbocycles. The molecule has 0 fully saturated rings. The van der Waals surface area contributed by atoms with E-state index in [9.17, 15) is 0 Å². The van der Waals surface area contributed by atoms with Crippen molar-refractivity contribution in [2.24, 2.45) is 0 Å². The van der Waals surface area contributed by atoms with Gasteiger partial charge in [0.15, 0.2) is 10.2 Å². The van der Waals surface area contributed by atoms with Gasteiger partial charge in [0.05, 0.1) is 5.69 Å². The van der Waals surface area contributed by atoms with E-state index in [1.807, 2.05) is 37.4 Å². The summed E-state index contributed by atoms with van der Waals surface area (Å²) < 4.78 is 0. The molecule has 0 spiro atoms. The number of rotatable bonds is 2. The van der Waals surface area contributed by atoms with Gasteiger partial charge >= 0.3 is 0 Å². The lowest BCUT2D eigenvalue weighted by Gasteiger charge is -2.11. The van der Waals surface area contributed by atoms with Crippen LogP contribution in [0.2, 0.25) is 5.02 Å². The summed E-state index contributed by atoms with van der Waals surface area (Å²) in [5.74, 6) is 0. The lowest BCUT2D eigenvalue weighted by atomic mass is 10.2. The molecule has 0 saturated heterocycles. The zero-order valence-electron chi connectivity index (χ0n) is 9.95. The summed E-state index contributed by atoms with van der Waals surface area (Å²) in [5.41, 5.74) is 2.95. The van der Waals surface area contributed by atoms with E-state index >= 15 is 0 Å². The molecule has 0 aliphatic heterocycles. The molecule has 0 atom stereocenters. The zero-order chi connectivity index (χ0) is 13.1. The summed E-state index contributed by atoms with van der Waals surface area (Å²) >= 11 is 12.7. The van der Waals surface area contributed by atoms with Crippen LogP contribution in [0.25, 0.3) is 0 Å². The van der Waals surface area contributed by atoms with Crippen LogP contribution in [0, 0.1) is 13.8 Å². The van der Waals surface area contributed by atoms with Crippen molar-refractivity contribution in [3.63, 3.8) is 0 Å². The molecule has 0 radical (unpaired) electrons. The first-order valence-corrected chi connectivity index (χ1v) is 6.97. The fraction of sp³-hybridized carbons (Fsp3) is 0.167. The van der Waals surface area contributed by atoms with Gasteiger partial charge in [0.25, 0.3) is 0 Å². The van der Waals surface area contributed by atoms with E-state index in [1.54, 1.807) is 0 Å². The molecule has 6 heteroatoms. The van der Waals surface area contributed by atoms with Crippen molar-refractivity contribution < 1.29 is 0 Å². The van der Waals surface area contributed by atoms with Crippen molar-refractivity contribution in [1.29, 1.82) is 0 Å². The quantitative estimate of drug-likeness (QED) is 0.814. The minimum absolute atomic E-state index is 0.509. The maximum Gasteiger partial charge on any atom is 0.189 e. The number of halogens is 1. The second kappa shape index (κ2) is 5.65. The van der Waals surface area contributed by atoms with Crippen LogP contribution in [0.4, 0.5) is 10.8 Å². The van der Waals surface area contributed by atoms with Crippen LogP contribution in [0.1, 0.15) is 11.3 Å². The van der Waals surface area contributed by atoms with Gasteiger partial charge in [0.2, 0.25) is 0 Å². The maximum absolute atomic E-state index is 5.95. The van der Waals surface area contributed by atoms with E-state index < -0.39 is 0 Å². The second-order valence-electron chi connectivity index (χ2n) is 3.83. The Bertz CT molecular complexity index is 580. The van der Waals surface area contributed by atoms with Crippen LogP contribution in [0.15, 0.2) is 23.6 Å². The van der Waals surface area contributed by atoms with Gasteiger partial charge in [-0.1, -0.05) is 17.7 Å². The van der Waals surface area contributed by atoms with Crippen LogP contribution < -0.4 is 10.6 Å². The Kier molecular flexibility index (Phi) is 4.16. The predicted molar refractivity (Wildman–Crippen MR) is 82.9 cm³/mol. The summed E-state index contributed by atoms with van der Waals surface area (Å²) in [5, 5.41) is 10.1. The fourth-order valence-corrected chi connectivity index (χ4v) is 2.53. The highest BCUT2D eigenvalue weighted by molar-refractivity contribution is 7.80. The van der Waals surface area contributed by atoms with E-state index in [0.29, 0.717) is 10.1 Å². The SMILES string of the molecule is Cc1csc(NC(=S)Nc2cc(Cl)ccc2C)n1. The zero-order valence-corrected chi connectivity index (χ0v) is 12.3. The average molecular weight is 298 g/mol. The van der Waals surface area contributed by atoms with Gasteiger partial charge in [-0.2, -0.15) is 0 Å². The molecule has 94 valence electrons. The van der Waals surface area contributed by atoms with Crippen LogP contribution in [0.3, 0.4) is 0 Å². The lowest BCUT2D eigenvalue weighted by Crippen LogP contribution is -2.19. The van der Waals surface area contributed by atoms with Crippen molar-refractivity contribution in [1.82, 2.24) is 4.98 Å². The molecule has 1 aromatic carbocycles. The Hall–Kier alpha value is -1.17. The van der Waals surface area contributed by atoms with Crippen molar-refractivity contribution in [3.05, 3.63) is 39.9 Å². The van der Waals surface area contributed by atoms with Crippen molar-refractivity contribution in [3.8, 4) is 0 Å². The van der Waals surface area contributed by atoms with Gasteiger partial charge < -0.3 is 10.6 Å². The number of nitrogens with one attached hydrogen (secondary N) is 2. The molecule has 0 saturated carbocycles. The Morgan fingerprint density at radius 2 is 2.11 bits per heavy atom. The molecule has 2 aromatic rings. The highest BCUT2D eigenvalue weighted by Crippen LogP contribution is 2.21. The molecular weight excluding hydrogens is 286 g/mol. The number of thiazole rings is 1. The van der Waals surface area contributed by atoms with Crippen molar-refractivity contribution in [2.75, 3.05) is 10.6 Å². The van der Waals surface area contributed by atoms with E-state index in [-0.39, 0.29) is 0 Å². The van der Waals surface area contributed by atoms with E-state index in [2.05, 4.69) is 15.6 Å². The van der Waals surface area contributed by atoms with Crippen LogP contribution in [0.5, 0.6) is 0 Å². The molecule has 0 unspecified atom stereocenters. The van der Waals surface area contributed by atoms with Gasteiger partial charge in [0, 0.05) is 16.1 Å². The number of benzene rings is 1. The Morgan fingerprint density at radius 3 is 2.78 bits per heavy atom. The number of thiocarbonyl (C=S) groups is 1. The van der Waals surface area contributed by atoms with Gasteiger partial charge in [-0.25, -0.2) is 4.98 Å². The van der Waals surface area contributed by atoms with Gasteiger partial charge in [-0.15, -0.1) is 11.3 Å². The summed E-state index contributed by atoms with van der Waals surface area (Å²) in [7, 11) is 0. The van der Waals surface area contributed by atoms with E-state index in [0.717, 1.165) is 22.1 Å². The third-order valence-corrected chi connectivity index (χ3v) is 3.60. The molecule has 18 heavy (non-hydrogen) atoms. The Labute approximate surface area is 120 Å². The molecule has 1 heterocycles. The molecular formula is C12H12ClN3S2. The third kappa shape index (κ3) is 3.41. The number of aromatic nitrogens is 1. The molecule has 0 aliphatic rings. The third-order valence-electron chi connectivity index (χ3n) is 2.29. The summed E-state index contributed by atoms with van der Waals surface area (Å²) in [6, 6.07) is 5.64. The fourth-order valence-electron chi connectivity index (χ4n) is 1.39. The van der Waals surface area contributed by atoms with Crippen LogP contribution >= 0.6 is 35.2 Å². The standard InChI is InChI=1S/C12H12ClN3S2/c1-7-3-4-9(13)5-10(7)15-11(17)16-12-14-8(2)6-18-12/h3-6H,1-2H3,(H2,14,15,16,17). The summed E-state index contributed by atoms with van der Waals surface area (Å²) in [6.45, 7) is 3.94. The molecule has 2 rings (SSSR count). The smallest absolute Gasteiger partial charge is 0.189 e. The van der Waals surface area contributed by atoms with Crippen molar-refractivity contribution >= 4 is 51.1 Å². The molecule has 0 amide bonds. The number of hydrogen-bond donors (Lipinski definition) is 2. The minimum atomic E-state index is 0.509. The molecule has 2 N–H and O–H groups in total. The normalized spacial score (nSPS) is 10.2. The Morgan fingerprint density at radius 1 is 1.33 bits per heavy atom. The topological polar surface area (TPSA) is 37.0 Å². The highest BCUT2D eigenvalue weighted by atomic mass is 35.5. The van der Waals surface area contributed by atoms with Gasteiger partial charge in [-0.05, 0) is 43.8 Å². The molecule has 0 bridgehead atoms. The first-order valence-electron chi connectivity index (χ1n) is 5.31. The second-order valence-corrected chi connectivity index (χ2v) is 5.54. The summed E-state index contributed by atoms with van der Waals surface area (Å²) in [6.07, 6.45) is 0. The molecule has 3 nitrogen and oxygen atoms in total. The number of nitrogens with zero attached hydrogens (tertiary/aromatic N) is 1. The predicted octanol–water partition coefficient (Wildman–Crippen LogP) is 4.22. The van der Waals surface area contributed by atoms with Crippen LogP contribution in [-0.2, 0) is 0 Å². The number of hydrogen-bond acceptors (Lipinski definition) is 3. The Balaban J connectivity index is 2.05. The number of aryl methyl sites for hydroxylation is 2. The van der Waals surface area contributed by atoms with Crippen molar-refractivity contribution in [2.45, 2.75) is 13.8 Å². The largest absolute Gasteiger partial charge is 0.332 e. The minimum Gasteiger partial charge on any atom is -0.332 e. The lowest BCUT2D eigenvalue weighted by molar-refractivity contribution is 1.27. The highest BCUT2D eigenvalue weighted by Gasteiger charge is 2.04. The van der Waals surface area contributed by atoms with Crippen LogP contribution in [-0.4, -0.2) is 10.1 Å². The van der Waals surface area contributed by atoms with Gasteiger partial charge in [0.1, 0.15) is 0 Å². The monoisotopic (exact) mass is 297 g/mol.